The van der Waals surface area contributed by atoms with Crippen LogP contribution in [-0.2, 0) is 0 Å². The van der Waals surface area contributed by atoms with Crippen LogP contribution in [0.4, 0.5) is 13.2 Å². The summed E-state index contributed by atoms with van der Waals surface area (Å²) in [5, 5.41) is 3.07. The van der Waals surface area contributed by atoms with Crippen molar-refractivity contribution in [2.75, 3.05) is 0 Å². The average molecular weight is 279 g/mol. The molecule has 1 N–H and O–H groups in total. The van der Waals surface area contributed by atoms with Crippen LogP contribution in [0.25, 0.3) is 0 Å². The van der Waals surface area contributed by atoms with Crippen LogP contribution in [0.5, 0.6) is 0 Å². The summed E-state index contributed by atoms with van der Waals surface area (Å²) >= 11 is 0. The molecule has 0 heterocycles. The number of hydrogen-bond donors (Lipinski definition) is 1. The number of benzene rings is 2. The van der Waals surface area contributed by atoms with E-state index in [-0.39, 0.29) is 17.4 Å². The zero-order chi connectivity index (χ0) is 14.7. The lowest BCUT2D eigenvalue weighted by Gasteiger charge is -2.21. The SMILES string of the molecule is CC(NC(C)c1cc(F)ccc1F)c1ccccc1F. The van der Waals surface area contributed by atoms with Crippen LogP contribution in [0, 0.1) is 17.5 Å². The molecule has 0 radical (unpaired) electrons. The van der Waals surface area contributed by atoms with Crippen LogP contribution in [0.3, 0.4) is 0 Å². The van der Waals surface area contributed by atoms with Gasteiger partial charge in [-0.1, -0.05) is 18.2 Å². The first-order valence-electron chi connectivity index (χ1n) is 6.44. The standard InChI is InChI=1S/C16H16F3N/c1-10(13-5-3-4-6-15(13)18)20-11(2)14-9-12(17)7-8-16(14)19/h3-11,20H,1-2H3. The van der Waals surface area contributed by atoms with Crippen molar-refractivity contribution in [3.05, 3.63) is 71.0 Å². The zero-order valence-corrected chi connectivity index (χ0v) is 11.3. The summed E-state index contributed by atoms with van der Waals surface area (Å²) in [6, 6.07) is 8.98. The molecule has 0 saturated carbocycles. The lowest BCUT2D eigenvalue weighted by Crippen LogP contribution is -2.24. The smallest absolute Gasteiger partial charge is 0.128 e. The maximum absolute atomic E-state index is 13.7. The molecule has 0 amide bonds. The normalized spacial score (nSPS) is 14.1. The minimum atomic E-state index is -0.492. The summed E-state index contributed by atoms with van der Waals surface area (Å²) in [5.74, 6) is -1.29. The number of rotatable bonds is 4. The topological polar surface area (TPSA) is 12.0 Å². The molecule has 1 nitrogen and oxygen atoms in total. The molecule has 0 saturated heterocycles. The van der Waals surface area contributed by atoms with Gasteiger partial charge in [0.15, 0.2) is 0 Å². The fourth-order valence-electron chi connectivity index (χ4n) is 2.23. The van der Waals surface area contributed by atoms with Gasteiger partial charge in [-0.15, -0.1) is 0 Å². The highest BCUT2D eigenvalue weighted by atomic mass is 19.1. The maximum Gasteiger partial charge on any atom is 0.128 e. The first kappa shape index (κ1) is 14.6. The first-order chi connectivity index (χ1) is 9.49. The predicted molar refractivity (Wildman–Crippen MR) is 72.7 cm³/mol. The minimum absolute atomic E-state index is 0.230. The van der Waals surface area contributed by atoms with Gasteiger partial charge in [-0.25, -0.2) is 13.2 Å². The Hall–Kier alpha value is -1.81. The van der Waals surface area contributed by atoms with Crippen molar-refractivity contribution in [2.24, 2.45) is 0 Å². The molecule has 2 rings (SSSR count). The van der Waals surface area contributed by atoms with Gasteiger partial charge < -0.3 is 5.32 Å². The monoisotopic (exact) mass is 279 g/mol. The van der Waals surface area contributed by atoms with E-state index in [1.807, 2.05) is 0 Å². The summed E-state index contributed by atoms with van der Waals surface area (Å²) < 4.78 is 40.5. The lowest BCUT2D eigenvalue weighted by molar-refractivity contribution is 0.456. The molecule has 0 spiro atoms. The fraction of sp³-hybridized carbons (Fsp3) is 0.250. The lowest BCUT2D eigenvalue weighted by atomic mass is 10.0. The molecule has 2 unspecified atom stereocenters. The molecule has 2 atom stereocenters. The van der Waals surface area contributed by atoms with E-state index in [4.69, 9.17) is 0 Å². The van der Waals surface area contributed by atoms with E-state index in [1.54, 1.807) is 32.0 Å². The zero-order valence-electron chi connectivity index (χ0n) is 11.3. The van der Waals surface area contributed by atoms with Crippen molar-refractivity contribution in [3.8, 4) is 0 Å². The van der Waals surface area contributed by atoms with Crippen molar-refractivity contribution >= 4 is 0 Å². The van der Waals surface area contributed by atoms with Gasteiger partial charge in [0.1, 0.15) is 17.5 Å². The van der Waals surface area contributed by atoms with Gasteiger partial charge in [0.25, 0.3) is 0 Å². The fourth-order valence-corrected chi connectivity index (χ4v) is 2.23. The Morgan fingerprint density at radius 3 is 2.10 bits per heavy atom. The van der Waals surface area contributed by atoms with Crippen molar-refractivity contribution < 1.29 is 13.2 Å². The first-order valence-corrected chi connectivity index (χ1v) is 6.44. The van der Waals surface area contributed by atoms with E-state index in [2.05, 4.69) is 5.32 Å². The van der Waals surface area contributed by atoms with Gasteiger partial charge in [0.2, 0.25) is 0 Å². The van der Waals surface area contributed by atoms with Crippen LogP contribution in [-0.4, -0.2) is 0 Å². The van der Waals surface area contributed by atoms with E-state index in [9.17, 15) is 13.2 Å². The molecule has 20 heavy (non-hydrogen) atoms. The van der Waals surface area contributed by atoms with Crippen molar-refractivity contribution in [2.45, 2.75) is 25.9 Å². The summed E-state index contributed by atoms with van der Waals surface area (Å²) in [6.45, 7) is 3.50. The second-order valence-electron chi connectivity index (χ2n) is 4.80. The van der Waals surface area contributed by atoms with Gasteiger partial charge >= 0.3 is 0 Å². The molecule has 0 fully saturated rings. The molecule has 0 aliphatic heterocycles. The summed E-state index contributed by atoms with van der Waals surface area (Å²) in [4.78, 5) is 0. The van der Waals surface area contributed by atoms with Gasteiger partial charge in [-0.2, -0.15) is 0 Å². The van der Waals surface area contributed by atoms with E-state index in [1.165, 1.54) is 6.07 Å². The molecule has 2 aromatic carbocycles. The molecule has 0 bridgehead atoms. The maximum atomic E-state index is 13.7. The predicted octanol–water partition coefficient (Wildman–Crippen LogP) is 4.52. The molecule has 0 aliphatic rings. The quantitative estimate of drug-likeness (QED) is 0.868. The van der Waals surface area contributed by atoms with E-state index in [0.29, 0.717) is 5.56 Å². The molecule has 106 valence electrons. The van der Waals surface area contributed by atoms with Crippen molar-refractivity contribution in [1.29, 1.82) is 0 Å². The summed E-state index contributed by atoms with van der Waals surface area (Å²) in [7, 11) is 0. The minimum Gasteiger partial charge on any atom is -0.303 e. The van der Waals surface area contributed by atoms with Gasteiger partial charge in [0, 0.05) is 23.2 Å². The molecule has 0 aliphatic carbocycles. The number of hydrogen-bond acceptors (Lipinski definition) is 1. The van der Waals surface area contributed by atoms with Crippen LogP contribution in [0.15, 0.2) is 42.5 Å². The Balaban J connectivity index is 2.17. The number of halogens is 3. The van der Waals surface area contributed by atoms with Crippen molar-refractivity contribution in [1.82, 2.24) is 5.32 Å². The van der Waals surface area contributed by atoms with Crippen LogP contribution in [0.2, 0.25) is 0 Å². The Bertz CT molecular complexity index is 598. The molecule has 4 heteroatoms. The van der Waals surface area contributed by atoms with Crippen LogP contribution in [0.1, 0.15) is 37.1 Å². The molecule has 0 aromatic heterocycles. The molecule has 2 aromatic rings. The Kier molecular flexibility index (Phi) is 4.45. The van der Waals surface area contributed by atoms with Gasteiger partial charge in [0.05, 0.1) is 0 Å². The average Bonchev–Trinajstić information content (AvgIpc) is 2.41. The molecular weight excluding hydrogens is 263 g/mol. The van der Waals surface area contributed by atoms with Gasteiger partial charge in [-0.05, 0) is 38.1 Å². The highest BCUT2D eigenvalue weighted by molar-refractivity contribution is 5.24. The highest BCUT2D eigenvalue weighted by Crippen LogP contribution is 2.23. The van der Waals surface area contributed by atoms with Gasteiger partial charge in [-0.3, -0.25) is 0 Å². The number of nitrogens with one attached hydrogen (secondary N) is 1. The van der Waals surface area contributed by atoms with E-state index >= 15 is 0 Å². The Morgan fingerprint density at radius 1 is 0.800 bits per heavy atom. The molecular formula is C16H16F3N. The second kappa shape index (κ2) is 6.09. The second-order valence-corrected chi connectivity index (χ2v) is 4.80. The van der Waals surface area contributed by atoms with E-state index in [0.717, 1.165) is 18.2 Å². The van der Waals surface area contributed by atoms with E-state index < -0.39 is 17.7 Å². The summed E-state index contributed by atoms with van der Waals surface area (Å²) in [6.07, 6.45) is 0. The third-order valence-corrected chi connectivity index (χ3v) is 3.30. The van der Waals surface area contributed by atoms with Crippen LogP contribution < -0.4 is 5.32 Å². The Labute approximate surface area is 116 Å². The largest absolute Gasteiger partial charge is 0.303 e. The highest BCUT2D eigenvalue weighted by Gasteiger charge is 2.17. The summed E-state index contributed by atoms with van der Waals surface area (Å²) in [5.41, 5.74) is 0.726. The third kappa shape index (κ3) is 3.20. The van der Waals surface area contributed by atoms with Crippen molar-refractivity contribution in [3.63, 3.8) is 0 Å². The Morgan fingerprint density at radius 2 is 1.40 bits per heavy atom. The van der Waals surface area contributed by atoms with Crippen LogP contribution >= 0.6 is 0 Å². The third-order valence-electron chi connectivity index (χ3n) is 3.30.